The van der Waals surface area contributed by atoms with Crippen molar-refractivity contribution < 1.29 is 0 Å². The average Bonchev–Trinajstić information content (AvgIpc) is 2.97. The fourth-order valence-electron chi connectivity index (χ4n) is 2.75. The van der Waals surface area contributed by atoms with Gasteiger partial charge in [0.05, 0.1) is 5.69 Å². The third kappa shape index (κ3) is 3.04. The molecule has 6 heteroatoms. The summed E-state index contributed by atoms with van der Waals surface area (Å²) in [5.41, 5.74) is 3.85. The van der Waals surface area contributed by atoms with Crippen LogP contribution in [0.25, 0.3) is 5.78 Å². The third-order valence-electron chi connectivity index (χ3n) is 4.26. The molecule has 0 atom stereocenters. The Balaban J connectivity index is 1.81. The summed E-state index contributed by atoms with van der Waals surface area (Å²) in [6.07, 6.45) is 0.657. The van der Waals surface area contributed by atoms with Crippen LogP contribution < -0.4 is 10.9 Å². The van der Waals surface area contributed by atoms with Crippen LogP contribution in [0, 0.1) is 6.92 Å². The van der Waals surface area contributed by atoms with Gasteiger partial charge in [0.2, 0.25) is 5.95 Å². The minimum absolute atomic E-state index is 0.0816. The molecule has 2 heterocycles. The summed E-state index contributed by atoms with van der Waals surface area (Å²) in [7, 11) is 0. The van der Waals surface area contributed by atoms with Gasteiger partial charge in [0.25, 0.3) is 11.3 Å². The van der Waals surface area contributed by atoms with Crippen LogP contribution in [0.2, 0.25) is 0 Å². The second-order valence-corrected chi connectivity index (χ2v) is 6.29. The largest absolute Gasteiger partial charge is 0.351 e. The maximum Gasteiger partial charge on any atom is 0.277 e. The number of hydrogen-bond acceptors (Lipinski definition) is 4. The van der Waals surface area contributed by atoms with Crippen molar-refractivity contribution in [3.05, 3.63) is 57.0 Å². The summed E-state index contributed by atoms with van der Waals surface area (Å²) < 4.78 is 1.40. The number of hydrogen-bond donors (Lipinski definition) is 2. The highest BCUT2D eigenvalue weighted by Crippen LogP contribution is 2.15. The molecule has 3 rings (SSSR count). The third-order valence-corrected chi connectivity index (χ3v) is 4.26. The molecule has 0 amide bonds. The molecule has 1 aromatic carbocycles. The van der Waals surface area contributed by atoms with Gasteiger partial charge in [0.15, 0.2) is 0 Å². The summed E-state index contributed by atoms with van der Waals surface area (Å²) >= 11 is 0. The average molecular weight is 325 g/mol. The maximum absolute atomic E-state index is 12.4. The molecule has 0 spiro atoms. The molecule has 126 valence electrons. The van der Waals surface area contributed by atoms with E-state index in [2.05, 4.69) is 58.5 Å². The first-order valence-corrected chi connectivity index (χ1v) is 8.30. The number of anilines is 1. The highest BCUT2D eigenvalue weighted by atomic mass is 16.1. The number of nitrogens with zero attached hydrogens (tertiary/aromatic N) is 3. The monoisotopic (exact) mass is 325 g/mol. The first-order chi connectivity index (χ1) is 11.5. The van der Waals surface area contributed by atoms with Crippen molar-refractivity contribution in [2.45, 2.75) is 46.6 Å². The lowest BCUT2D eigenvalue weighted by atomic mass is 10.0. The van der Waals surface area contributed by atoms with E-state index in [1.54, 1.807) is 0 Å². The van der Waals surface area contributed by atoms with Crippen LogP contribution in [-0.2, 0) is 13.0 Å². The normalized spacial score (nSPS) is 11.4. The van der Waals surface area contributed by atoms with Gasteiger partial charge in [0, 0.05) is 12.1 Å². The number of H-pyrrole nitrogens is 1. The number of nitrogens with one attached hydrogen (secondary N) is 2. The molecule has 2 N–H and O–H groups in total. The van der Waals surface area contributed by atoms with E-state index < -0.39 is 0 Å². The number of fused-ring (bicyclic) bond motifs is 1. The van der Waals surface area contributed by atoms with Crippen LogP contribution in [-0.4, -0.2) is 19.6 Å². The fourth-order valence-corrected chi connectivity index (χ4v) is 2.75. The zero-order valence-corrected chi connectivity index (χ0v) is 14.6. The van der Waals surface area contributed by atoms with Gasteiger partial charge in [-0.05, 0) is 30.4 Å². The number of aromatic nitrogens is 4. The molecule has 0 aliphatic carbocycles. The number of benzene rings is 1. The van der Waals surface area contributed by atoms with E-state index in [1.165, 1.54) is 10.1 Å². The first-order valence-electron chi connectivity index (χ1n) is 8.30. The molecule has 0 saturated carbocycles. The SMILES string of the molecule is CCc1c(C)nc2nc(NCc3ccc(C(C)C)cc3)[nH]n2c1=O. The first kappa shape index (κ1) is 16.2. The van der Waals surface area contributed by atoms with Crippen LogP contribution in [0.4, 0.5) is 5.95 Å². The van der Waals surface area contributed by atoms with E-state index in [0.717, 1.165) is 11.3 Å². The van der Waals surface area contributed by atoms with Gasteiger partial charge in [-0.2, -0.15) is 9.50 Å². The van der Waals surface area contributed by atoms with E-state index in [1.807, 2.05) is 13.8 Å². The molecule has 24 heavy (non-hydrogen) atoms. The molecular formula is C18H23N5O. The molecule has 0 aliphatic rings. The summed E-state index contributed by atoms with van der Waals surface area (Å²) in [6, 6.07) is 8.50. The zero-order chi connectivity index (χ0) is 17.3. The molecular weight excluding hydrogens is 302 g/mol. The van der Waals surface area contributed by atoms with Crippen LogP contribution in [0.5, 0.6) is 0 Å². The summed E-state index contributed by atoms with van der Waals surface area (Å²) in [5.74, 6) is 1.46. The maximum atomic E-state index is 12.4. The van der Waals surface area contributed by atoms with Gasteiger partial charge in [-0.25, -0.2) is 4.98 Å². The van der Waals surface area contributed by atoms with Gasteiger partial charge in [-0.1, -0.05) is 45.0 Å². The fraction of sp³-hybridized carbons (Fsp3) is 0.389. The predicted octanol–water partition coefficient (Wildman–Crippen LogP) is 3.02. The number of aromatic amines is 1. The van der Waals surface area contributed by atoms with Crippen molar-refractivity contribution in [1.29, 1.82) is 0 Å². The van der Waals surface area contributed by atoms with Crippen molar-refractivity contribution in [2.24, 2.45) is 0 Å². The summed E-state index contributed by atoms with van der Waals surface area (Å²) in [6.45, 7) is 8.79. The summed E-state index contributed by atoms with van der Waals surface area (Å²) in [5, 5.41) is 6.20. The molecule has 3 aromatic rings. The second-order valence-electron chi connectivity index (χ2n) is 6.29. The standard InChI is InChI=1S/C18H23N5O/c1-5-15-12(4)20-18-21-17(22-23(18)16(15)24)19-10-13-6-8-14(9-7-13)11(2)3/h6-9,11H,5,10H2,1-4H3,(H2,19,20,21,22). The smallest absolute Gasteiger partial charge is 0.277 e. The Morgan fingerprint density at radius 1 is 1.21 bits per heavy atom. The Hall–Kier alpha value is -2.63. The van der Waals surface area contributed by atoms with Gasteiger partial charge in [-0.15, -0.1) is 0 Å². The topological polar surface area (TPSA) is 75.1 Å². The molecule has 0 bridgehead atoms. The molecule has 0 radical (unpaired) electrons. The van der Waals surface area contributed by atoms with Gasteiger partial charge < -0.3 is 5.32 Å². The molecule has 0 unspecified atom stereocenters. The second kappa shape index (κ2) is 6.47. The molecule has 2 aromatic heterocycles. The zero-order valence-electron chi connectivity index (χ0n) is 14.6. The Kier molecular flexibility index (Phi) is 4.38. The van der Waals surface area contributed by atoms with E-state index in [-0.39, 0.29) is 5.56 Å². The minimum atomic E-state index is -0.0816. The number of rotatable bonds is 5. The van der Waals surface area contributed by atoms with Crippen molar-refractivity contribution in [2.75, 3.05) is 5.32 Å². The highest BCUT2D eigenvalue weighted by molar-refractivity contribution is 5.39. The van der Waals surface area contributed by atoms with Crippen LogP contribution in [0.15, 0.2) is 29.1 Å². The van der Waals surface area contributed by atoms with Crippen molar-refractivity contribution in [3.63, 3.8) is 0 Å². The Morgan fingerprint density at radius 2 is 1.92 bits per heavy atom. The van der Waals surface area contributed by atoms with E-state index >= 15 is 0 Å². The minimum Gasteiger partial charge on any atom is -0.351 e. The number of aryl methyl sites for hydroxylation is 1. The van der Waals surface area contributed by atoms with E-state index in [9.17, 15) is 4.79 Å². The Labute approximate surface area is 141 Å². The molecule has 0 aliphatic heterocycles. The van der Waals surface area contributed by atoms with Crippen LogP contribution in [0.3, 0.4) is 0 Å². The van der Waals surface area contributed by atoms with Crippen molar-refractivity contribution in [3.8, 4) is 0 Å². The molecule has 0 saturated heterocycles. The van der Waals surface area contributed by atoms with Crippen LogP contribution in [0.1, 0.15) is 49.1 Å². The van der Waals surface area contributed by atoms with E-state index in [0.29, 0.717) is 36.2 Å². The molecule has 0 fully saturated rings. The predicted molar refractivity (Wildman–Crippen MR) is 95.6 cm³/mol. The lowest BCUT2D eigenvalue weighted by molar-refractivity contribution is 0.850. The van der Waals surface area contributed by atoms with Crippen LogP contribution >= 0.6 is 0 Å². The molecule has 6 nitrogen and oxygen atoms in total. The van der Waals surface area contributed by atoms with Crippen molar-refractivity contribution in [1.82, 2.24) is 19.6 Å². The lowest BCUT2D eigenvalue weighted by Crippen LogP contribution is -2.21. The van der Waals surface area contributed by atoms with Gasteiger partial charge in [0.1, 0.15) is 0 Å². The highest BCUT2D eigenvalue weighted by Gasteiger charge is 2.11. The van der Waals surface area contributed by atoms with Gasteiger partial charge in [-0.3, -0.25) is 9.89 Å². The van der Waals surface area contributed by atoms with Gasteiger partial charge >= 0.3 is 0 Å². The summed E-state index contributed by atoms with van der Waals surface area (Å²) in [4.78, 5) is 21.1. The quantitative estimate of drug-likeness (QED) is 0.756. The Bertz CT molecular complexity index is 906. The lowest BCUT2D eigenvalue weighted by Gasteiger charge is -2.07. The van der Waals surface area contributed by atoms with Crippen molar-refractivity contribution >= 4 is 11.7 Å². The van der Waals surface area contributed by atoms with E-state index in [4.69, 9.17) is 0 Å². The Morgan fingerprint density at radius 3 is 2.54 bits per heavy atom.